The molecule has 1 saturated carbocycles. The van der Waals surface area contributed by atoms with Crippen LogP contribution in [0.1, 0.15) is 30.3 Å². The zero-order valence-electron chi connectivity index (χ0n) is 12.3. The Morgan fingerprint density at radius 2 is 2.22 bits per heavy atom. The number of hydrazone groups is 1. The van der Waals surface area contributed by atoms with Crippen molar-refractivity contribution < 1.29 is 14.3 Å². The van der Waals surface area contributed by atoms with Gasteiger partial charge in [-0.05, 0) is 19.8 Å². The molecule has 0 radical (unpaired) electrons. The third kappa shape index (κ3) is 4.95. The Kier molecular flexibility index (Phi) is 5.52. The summed E-state index contributed by atoms with van der Waals surface area (Å²) in [7, 11) is 0. The fraction of sp³-hybridized carbons (Fsp3) is 0.417. The molecule has 1 heterocycles. The molecule has 0 bridgehead atoms. The lowest BCUT2D eigenvalue weighted by atomic mass is 10.4. The van der Waals surface area contributed by atoms with E-state index in [0.717, 1.165) is 19.2 Å². The fourth-order valence-corrected chi connectivity index (χ4v) is 1.70. The van der Waals surface area contributed by atoms with Crippen molar-refractivity contribution in [2.24, 2.45) is 5.10 Å². The van der Waals surface area contributed by atoms with E-state index < -0.39 is 12.0 Å². The van der Waals surface area contributed by atoms with Crippen molar-refractivity contribution in [3.8, 4) is 0 Å². The van der Waals surface area contributed by atoms with E-state index in [9.17, 15) is 9.59 Å². The van der Waals surface area contributed by atoms with Crippen molar-refractivity contribution in [3.05, 3.63) is 10.8 Å². The summed E-state index contributed by atoms with van der Waals surface area (Å²) in [6.45, 7) is 1.86. The van der Waals surface area contributed by atoms with Crippen molar-refractivity contribution in [1.29, 1.82) is 0 Å². The Bertz CT molecular complexity index is 633. The number of hydrogen-bond donors (Lipinski definition) is 4. The number of anilines is 2. The van der Waals surface area contributed by atoms with Crippen LogP contribution < -0.4 is 21.8 Å². The Morgan fingerprint density at radius 3 is 2.87 bits per heavy atom. The minimum Gasteiger partial charge on any atom is -0.449 e. The molecule has 2 amide bonds. The number of ether oxygens (including phenoxy) is 1. The lowest BCUT2D eigenvalue weighted by Gasteiger charge is -2.09. The minimum atomic E-state index is -0.740. The number of hydrogen-bond acceptors (Lipinski definition) is 8. The molecule has 1 aromatic rings. The van der Waals surface area contributed by atoms with E-state index in [0.29, 0.717) is 11.9 Å². The van der Waals surface area contributed by atoms with Crippen molar-refractivity contribution in [2.45, 2.75) is 25.8 Å². The standard InChI is InChI=1S/C12H16ClN7O3/c1-2-23-12(22)20-16-5-15-11(21)7-9(14)19-10(8(13)18-7)17-6-3-4-6/h5-6H,2-4H2,1H3,(H,20,22)(H3,14,17,19)(H,15,16,21). The van der Waals surface area contributed by atoms with E-state index in [-0.39, 0.29) is 23.3 Å². The number of rotatable bonds is 6. The first-order valence-electron chi connectivity index (χ1n) is 6.86. The molecule has 0 atom stereocenters. The molecule has 0 aliphatic heterocycles. The van der Waals surface area contributed by atoms with Gasteiger partial charge in [0.2, 0.25) is 0 Å². The average molecular weight is 342 g/mol. The van der Waals surface area contributed by atoms with E-state index in [2.05, 4.69) is 30.4 Å². The van der Waals surface area contributed by atoms with Crippen LogP contribution >= 0.6 is 11.6 Å². The molecule has 1 fully saturated rings. The van der Waals surface area contributed by atoms with Gasteiger partial charge in [0.05, 0.1) is 6.61 Å². The summed E-state index contributed by atoms with van der Waals surface area (Å²) in [5, 5.41) is 8.85. The van der Waals surface area contributed by atoms with Gasteiger partial charge in [-0.1, -0.05) is 11.6 Å². The highest BCUT2D eigenvalue weighted by Gasteiger charge is 2.24. The highest BCUT2D eigenvalue weighted by Crippen LogP contribution is 2.28. The number of carbonyl (C=O) groups excluding carboxylic acids is 2. The highest BCUT2D eigenvalue weighted by molar-refractivity contribution is 6.32. The number of halogens is 1. The zero-order chi connectivity index (χ0) is 16.8. The average Bonchev–Trinajstić information content (AvgIpc) is 3.31. The maximum atomic E-state index is 11.9. The maximum Gasteiger partial charge on any atom is 0.427 e. The molecule has 10 nitrogen and oxygen atoms in total. The summed E-state index contributed by atoms with van der Waals surface area (Å²) in [6.07, 6.45) is 2.29. The minimum absolute atomic E-state index is 0.0536. The summed E-state index contributed by atoms with van der Waals surface area (Å²) in [6, 6.07) is 0.321. The topological polar surface area (TPSA) is 144 Å². The molecule has 0 spiro atoms. The van der Waals surface area contributed by atoms with Gasteiger partial charge in [-0.25, -0.2) is 20.2 Å². The van der Waals surface area contributed by atoms with E-state index >= 15 is 0 Å². The zero-order valence-corrected chi connectivity index (χ0v) is 13.1. The van der Waals surface area contributed by atoms with E-state index in [4.69, 9.17) is 17.3 Å². The summed E-state index contributed by atoms with van der Waals surface area (Å²) in [5.41, 5.74) is 7.62. The second kappa shape index (κ2) is 7.58. The van der Waals surface area contributed by atoms with Crippen LogP contribution in [0, 0.1) is 0 Å². The van der Waals surface area contributed by atoms with Gasteiger partial charge in [-0.3, -0.25) is 4.79 Å². The molecule has 11 heteroatoms. The molecule has 0 saturated heterocycles. The number of aromatic nitrogens is 2. The van der Waals surface area contributed by atoms with Crippen molar-refractivity contribution in [1.82, 2.24) is 20.7 Å². The van der Waals surface area contributed by atoms with Crippen LogP contribution in [-0.2, 0) is 4.74 Å². The number of nitrogens with one attached hydrogen (secondary N) is 3. The van der Waals surface area contributed by atoms with E-state index in [1.54, 1.807) is 6.92 Å². The molecular formula is C12H16ClN7O3. The molecule has 23 heavy (non-hydrogen) atoms. The monoisotopic (exact) mass is 341 g/mol. The van der Waals surface area contributed by atoms with Crippen molar-refractivity contribution in [2.75, 3.05) is 17.7 Å². The van der Waals surface area contributed by atoms with Crippen LogP contribution in [0.15, 0.2) is 5.10 Å². The Labute approximate surface area is 136 Å². The van der Waals surface area contributed by atoms with Crippen LogP contribution in [0.5, 0.6) is 0 Å². The number of nitrogens with two attached hydrogens (primary N) is 1. The largest absolute Gasteiger partial charge is 0.449 e. The molecule has 0 aromatic carbocycles. The second-order valence-corrected chi connectivity index (χ2v) is 4.94. The molecule has 2 rings (SSSR count). The van der Waals surface area contributed by atoms with Crippen LogP contribution in [0.3, 0.4) is 0 Å². The predicted molar refractivity (Wildman–Crippen MR) is 84.2 cm³/mol. The highest BCUT2D eigenvalue weighted by atomic mass is 35.5. The lowest BCUT2D eigenvalue weighted by Crippen LogP contribution is -2.27. The second-order valence-electron chi connectivity index (χ2n) is 4.58. The summed E-state index contributed by atoms with van der Waals surface area (Å²) in [4.78, 5) is 30.8. The van der Waals surface area contributed by atoms with E-state index in [1.807, 2.05) is 5.43 Å². The summed E-state index contributed by atoms with van der Waals surface area (Å²) in [5.74, 6) is -0.382. The summed E-state index contributed by atoms with van der Waals surface area (Å²) < 4.78 is 4.58. The first-order valence-corrected chi connectivity index (χ1v) is 7.23. The van der Waals surface area contributed by atoms with Crippen molar-refractivity contribution in [3.63, 3.8) is 0 Å². The number of nitrogen functional groups attached to an aromatic ring is 1. The van der Waals surface area contributed by atoms with Gasteiger partial charge in [0.15, 0.2) is 22.5 Å². The van der Waals surface area contributed by atoms with Gasteiger partial charge in [-0.15, -0.1) is 0 Å². The molecule has 5 N–H and O–H groups in total. The number of carbonyl (C=O) groups is 2. The van der Waals surface area contributed by atoms with Crippen LogP contribution in [-0.4, -0.2) is 41.0 Å². The van der Waals surface area contributed by atoms with Crippen LogP contribution in [0.2, 0.25) is 5.15 Å². The number of nitrogens with zero attached hydrogens (tertiary/aromatic N) is 3. The smallest absolute Gasteiger partial charge is 0.427 e. The molecule has 1 aliphatic carbocycles. The quantitative estimate of drug-likeness (QED) is 0.339. The predicted octanol–water partition coefficient (Wildman–Crippen LogP) is 0.706. The molecular weight excluding hydrogens is 326 g/mol. The number of amides is 2. The normalized spacial score (nSPS) is 13.7. The third-order valence-corrected chi connectivity index (χ3v) is 2.97. The Hall–Kier alpha value is -2.62. The Morgan fingerprint density at radius 1 is 1.48 bits per heavy atom. The van der Waals surface area contributed by atoms with E-state index in [1.165, 1.54) is 0 Å². The fourth-order valence-electron chi connectivity index (χ4n) is 1.52. The molecule has 0 unspecified atom stereocenters. The maximum absolute atomic E-state index is 11.9. The van der Waals surface area contributed by atoms with Crippen molar-refractivity contribution >= 4 is 41.6 Å². The van der Waals surface area contributed by atoms with Gasteiger partial charge in [0.25, 0.3) is 5.91 Å². The van der Waals surface area contributed by atoms with Crippen LogP contribution in [0.25, 0.3) is 0 Å². The van der Waals surface area contributed by atoms with Gasteiger partial charge in [-0.2, -0.15) is 5.10 Å². The molecule has 1 aromatic heterocycles. The summed E-state index contributed by atoms with van der Waals surface area (Å²) >= 11 is 5.98. The molecule has 124 valence electrons. The van der Waals surface area contributed by atoms with Gasteiger partial charge < -0.3 is 21.1 Å². The third-order valence-electron chi connectivity index (χ3n) is 2.70. The SMILES string of the molecule is CCOC(=O)NN=CNC(=O)c1nc(Cl)c(NC2CC2)nc1N. The van der Waals surface area contributed by atoms with Gasteiger partial charge in [0, 0.05) is 6.04 Å². The first-order chi connectivity index (χ1) is 11.0. The first kappa shape index (κ1) is 16.7. The molecule has 1 aliphatic rings. The van der Waals surface area contributed by atoms with Gasteiger partial charge >= 0.3 is 6.09 Å². The van der Waals surface area contributed by atoms with Crippen LogP contribution in [0.4, 0.5) is 16.4 Å². The lowest BCUT2D eigenvalue weighted by molar-refractivity contribution is 0.0973. The van der Waals surface area contributed by atoms with Gasteiger partial charge in [0.1, 0.15) is 6.34 Å². The Balaban J connectivity index is 1.94.